The van der Waals surface area contributed by atoms with Crippen LogP contribution in [0.3, 0.4) is 0 Å². The molecule has 0 aliphatic carbocycles. The fourth-order valence-electron chi connectivity index (χ4n) is 1.63. The highest BCUT2D eigenvalue weighted by Gasteiger charge is 2.11. The highest BCUT2D eigenvalue weighted by Crippen LogP contribution is 2.13. The maximum Gasteiger partial charge on any atom is 0.269 e. The van der Waals surface area contributed by atoms with Crippen molar-refractivity contribution in [2.45, 2.75) is 13.5 Å². The van der Waals surface area contributed by atoms with Gasteiger partial charge in [-0.05, 0) is 24.6 Å². The predicted octanol–water partition coefficient (Wildman–Crippen LogP) is 1.99. The van der Waals surface area contributed by atoms with Crippen LogP contribution < -0.4 is 5.73 Å². The van der Waals surface area contributed by atoms with E-state index < -0.39 is 5.91 Å². The van der Waals surface area contributed by atoms with Crippen LogP contribution in [0.1, 0.15) is 21.7 Å². The molecule has 5 heteroatoms. The molecule has 0 saturated carbocycles. The Bertz CT molecular complexity index is 545. The fraction of sp³-hybridized carbons (Fsp3) is 0.167. The van der Waals surface area contributed by atoms with Crippen molar-refractivity contribution in [2.24, 2.45) is 5.73 Å². The second-order valence-electron chi connectivity index (χ2n) is 3.80. The van der Waals surface area contributed by atoms with Crippen LogP contribution in [-0.2, 0) is 6.54 Å². The van der Waals surface area contributed by atoms with Crippen LogP contribution in [0.25, 0.3) is 0 Å². The van der Waals surface area contributed by atoms with Gasteiger partial charge in [-0.3, -0.25) is 4.79 Å². The molecule has 0 spiro atoms. The number of aromatic nitrogens is 2. The van der Waals surface area contributed by atoms with Crippen LogP contribution in [0.15, 0.2) is 30.6 Å². The number of amides is 1. The Balaban J connectivity index is 2.24. The lowest BCUT2D eigenvalue weighted by molar-refractivity contribution is 0.0995. The second-order valence-corrected chi connectivity index (χ2v) is 4.23. The first kappa shape index (κ1) is 11.7. The van der Waals surface area contributed by atoms with Crippen molar-refractivity contribution in [2.75, 3.05) is 0 Å². The SMILES string of the molecule is Cc1c(C(N)=O)ncn1Cc1ccc(Cl)cc1. The van der Waals surface area contributed by atoms with Crippen molar-refractivity contribution in [1.29, 1.82) is 0 Å². The lowest BCUT2D eigenvalue weighted by Crippen LogP contribution is -2.13. The van der Waals surface area contributed by atoms with E-state index >= 15 is 0 Å². The van der Waals surface area contributed by atoms with Crippen LogP contribution in [0.2, 0.25) is 5.02 Å². The van der Waals surface area contributed by atoms with E-state index in [1.54, 1.807) is 6.33 Å². The predicted molar refractivity (Wildman–Crippen MR) is 66.0 cm³/mol. The average molecular weight is 250 g/mol. The third kappa shape index (κ3) is 2.47. The maximum atomic E-state index is 11.1. The standard InChI is InChI=1S/C12H12ClN3O/c1-8-11(12(14)17)15-7-16(8)6-9-2-4-10(13)5-3-9/h2-5,7H,6H2,1H3,(H2,14,17). The van der Waals surface area contributed by atoms with Gasteiger partial charge in [0.1, 0.15) is 5.69 Å². The minimum Gasteiger partial charge on any atom is -0.364 e. The number of imidazole rings is 1. The molecule has 1 amide bonds. The number of halogens is 1. The van der Waals surface area contributed by atoms with Crippen molar-refractivity contribution in [3.05, 3.63) is 52.6 Å². The largest absolute Gasteiger partial charge is 0.364 e. The Kier molecular flexibility index (Phi) is 3.15. The summed E-state index contributed by atoms with van der Waals surface area (Å²) in [5.74, 6) is -0.502. The zero-order chi connectivity index (χ0) is 12.4. The van der Waals surface area contributed by atoms with Crippen molar-refractivity contribution >= 4 is 17.5 Å². The fourth-order valence-corrected chi connectivity index (χ4v) is 1.76. The molecule has 0 radical (unpaired) electrons. The lowest BCUT2D eigenvalue weighted by atomic mass is 10.2. The van der Waals surface area contributed by atoms with E-state index in [0.29, 0.717) is 17.3 Å². The molecule has 0 aliphatic rings. The van der Waals surface area contributed by atoms with Crippen molar-refractivity contribution < 1.29 is 4.79 Å². The highest BCUT2D eigenvalue weighted by atomic mass is 35.5. The third-order valence-electron chi connectivity index (χ3n) is 2.60. The van der Waals surface area contributed by atoms with E-state index in [9.17, 15) is 4.79 Å². The molecule has 0 bridgehead atoms. The molecule has 1 aromatic carbocycles. The van der Waals surface area contributed by atoms with Gasteiger partial charge in [-0.15, -0.1) is 0 Å². The second kappa shape index (κ2) is 4.59. The zero-order valence-corrected chi connectivity index (χ0v) is 10.1. The van der Waals surface area contributed by atoms with Gasteiger partial charge in [-0.1, -0.05) is 23.7 Å². The summed E-state index contributed by atoms with van der Waals surface area (Å²) in [5, 5.41) is 0.703. The molecule has 0 saturated heterocycles. The van der Waals surface area contributed by atoms with Gasteiger partial charge in [-0.25, -0.2) is 4.98 Å². The summed E-state index contributed by atoms with van der Waals surface area (Å²) >= 11 is 5.81. The summed E-state index contributed by atoms with van der Waals surface area (Å²) in [4.78, 5) is 15.1. The molecule has 0 fully saturated rings. The topological polar surface area (TPSA) is 60.9 Å². The Labute approximate surface area is 104 Å². The van der Waals surface area contributed by atoms with Gasteiger partial charge < -0.3 is 10.3 Å². The van der Waals surface area contributed by atoms with Gasteiger partial charge in [0.25, 0.3) is 5.91 Å². The van der Waals surface area contributed by atoms with E-state index in [0.717, 1.165) is 11.3 Å². The minimum absolute atomic E-state index is 0.318. The Morgan fingerprint density at radius 1 is 1.41 bits per heavy atom. The summed E-state index contributed by atoms with van der Waals surface area (Å²) in [6, 6.07) is 7.54. The van der Waals surface area contributed by atoms with Crippen molar-refractivity contribution in [1.82, 2.24) is 9.55 Å². The number of benzene rings is 1. The highest BCUT2D eigenvalue weighted by molar-refractivity contribution is 6.30. The minimum atomic E-state index is -0.502. The van der Waals surface area contributed by atoms with Crippen LogP contribution in [0, 0.1) is 6.92 Å². The zero-order valence-electron chi connectivity index (χ0n) is 9.35. The molecular weight excluding hydrogens is 238 g/mol. The van der Waals surface area contributed by atoms with Crippen LogP contribution >= 0.6 is 11.6 Å². The maximum absolute atomic E-state index is 11.1. The molecule has 2 N–H and O–H groups in total. The Morgan fingerprint density at radius 3 is 2.59 bits per heavy atom. The molecule has 4 nitrogen and oxygen atoms in total. The molecule has 88 valence electrons. The number of rotatable bonds is 3. The number of carbonyl (C=O) groups is 1. The van der Waals surface area contributed by atoms with Gasteiger partial charge in [0.15, 0.2) is 0 Å². The van der Waals surface area contributed by atoms with Gasteiger partial charge in [-0.2, -0.15) is 0 Å². The van der Waals surface area contributed by atoms with Crippen molar-refractivity contribution in [3.63, 3.8) is 0 Å². The van der Waals surface area contributed by atoms with E-state index in [1.807, 2.05) is 35.8 Å². The number of nitrogens with zero attached hydrogens (tertiary/aromatic N) is 2. The number of carbonyl (C=O) groups excluding carboxylic acids is 1. The Hall–Kier alpha value is -1.81. The first-order chi connectivity index (χ1) is 8.08. The molecule has 2 rings (SSSR count). The molecule has 2 aromatic rings. The summed E-state index contributed by atoms with van der Waals surface area (Å²) in [6.07, 6.45) is 1.62. The number of nitrogens with two attached hydrogens (primary N) is 1. The monoisotopic (exact) mass is 249 g/mol. The van der Waals surface area contributed by atoms with Crippen LogP contribution in [0.5, 0.6) is 0 Å². The summed E-state index contributed by atoms with van der Waals surface area (Å²) < 4.78 is 1.88. The molecule has 1 aromatic heterocycles. The quantitative estimate of drug-likeness (QED) is 0.904. The molecule has 1 heterocycles. The Morgan fingerprint density at radius 2 is 2.06 bits per heavy atom. The third-order valence-corrected chi connectivity index (χ3v) is 2.85. The van der Waals surface area contributed by atoms with E-state index in [4.69, 9.17) is 17.3 Å². The van der Waals surface area contributed by atoms with Gasteiger partial charge in [0.2, 0.25) is 0 Å². The van der Waals surface area contributed by atoms with E-state index in [2.05, 4.69) is 4.98 Å². The smallest absolute Gasteiger partial charge is 0.269 e. The first-order valence-corrected chi connectivity index (χ1v) is 5.51. The van der Waals surface area contributed by atoms with Crippen molar-refractivity contribution in [3.8, 4) is 0 Å². The van der Waals surface area contributed by atoms with E-state index in [1.165, 1.54) is 0 Å². The van der Waals surface area contributed by atoms with Crippen LogP contribution in [0.4, 0.5) is 0 Å². The normalized spacial score (nSPS) is 10.5. The molecule has 0 aliphatic heterocycles. The molecule has 0 unspecified atom stereocenters. The molecule has 17 heavy (non-hydrogen) atoms. The number of primary amides is 1. The summed E-state index contributed by atoms with van der Waals surface area (Å²) in [7, 11) is 0. The lowest BCUT2D eigenvalue weighted by Gasteiger charge is -2.05. The summed E-state index contributed by atoms with van der Waals surface area (Å²) in [6.45, 7) is 2.46. The average Bonchev–Trinajstić information content (AvgIpc) is 2.64. The number of hydrogen-bond donors (Lipinski definition) is 1. The number of hydrogen-bond acceptors (Lipinski definition) is 2. The molecule has 0 atom stereocenters. The van der Waals surface area contributed by atoms with Gasteiger partial charge in [0, 0.05) is 17.3 Å². The van der Waals surface area contributed by atoms with E-state index in [-0.39, 0.29) is 0 Å². The van der Waals surface area contributed by atoms with Crippen LogP contribution in [-0.4, -0.2) is 15.5 Å². The first-order valence-electron chi connectivity index (χ1n) is 5.14. The summed E-state index contributed by atoms with van der Waals surface area (Å²) in [5.41, 5.74) is 7.39. The van der Waals surface area contributed by atoms with Gasteiger partial charge >= 0.3 is 0 Å². The van der Waals surface area contributed by atoms with Gasteiger partial charge in [0.05, 0.1) is 6.33 Å². The molecular formula is C12H12ClN3O.